The molecule has 1 aromatic heterocycles. The predicted octanol–water partition coefficient (Wildman–Crippen LogP) is 3.27. The van der Waals surface area contributed by atoms with E-state index in [2.05, 4.69) is 10.1 Å². The van der Waals surface area contributed by atoms with Crippen molar-refractivity contribution < 1.29 is 9.63 Å². The van der Waals surface area contributed by atoms with Crippen LogP contribution < -0.4 is 5.73 Å². The lowest BCUT2D eigenvalue weighted by Gasteiger charge is -2.00. The van der Waals surface area contributed by atoms with E-state index in [4.69, 9.17) is 21.9 Å². The quantitative estimate of drug-likeness (QED) is 0.725. The van der Waals surface area contributed by atoms with Gasteiger partial charge in [-0.3, -0.25) is 0 Å². The Balaban J connectivity index is 1.84. The molecular weight excluding hydrogens is 290 g/mol. The standard InChI is InChI=1S/C15H12ClN3O2/c16-10-3-6-12(13(17)8-10)15-18-14(19-21-15)7-9-1-4-11(20)5-2-9/h1-6,8,20H,7,17H2. The number of aromatic hydroxyl groups is 1. The van der Waals surface area contributed by atoms with Gasteiger partial charge in [-0.25, -0.2) is 0 Å². The van der Waals surface area contributed by atoms with Gasteiger partial charge in [-0.1, -0.05) is 28.9 Å². The molecule has 0 amide bonds. The number of hydrogen-bond acceptors (Lipinski definition) is 5. The molecule has 3 rings (SSSR count). The number of nitrogen functional groups attached to an aromatic ring is 1. The number of benzene rings is 2. The molecule has 0 bridgehead atoms. The van der Waals surface area contributed by atoms with Crippen LogP contribution in [0.25, 0.3) is 11.5 Å². The van der Waals surface area contributed by atoms with E-state index in [0.29, 0.717) is 34.4 Å². The molecule has 0 aliphatic rings. The second-order valence-corrected chi connectivity index (χ2v) is 5.03. The van der Waals surface area contributed by atoms with Crippen molar-refractivity contribution in [1.29, 1.82) is 0 Å². The highest BCUT2D eigenvalue weighted by molar-refractivity contribution is 6.31. The topological polar surface area (TPSA) is 85.2 Å². The number of rotatable bonds is 3. The minimum atomic E-state index is 0.224. The zero-order valence-electron chi connectivity index (χ0n) is 11.0. The smallest absolute Gasteiger partial charge is 0.260 e. The van der Waals surface area contributed by atoms with Gasteiger partial charge in [0.1, 0.15) is 5.75 Å². The van der Waals surface area contributed by atoms with Crippen LogP contribution in [-0.4, -0.2) is 15.2 Å². The van der Waals surface area contributed by atoms with Crippen LogP contribution >= 0.6 is 11.6 Å². The van der Waals surface area contributed by atoms with Crippen molar-refractivity contribution in [3.05, 3.63) is 58.9 Å². The Morgan fingerprint density at radius 2 is 1.90 bits per heavy atom. The maximum absolute atomic E-state index is 9.25. The first kappa shape index (κ1) is 13.5. The molecule has 0 atom stereocenters. The fourth-order valence-electron chi connectivity index (χ4n) is 1.96. The summed E-state index contributed by atoms with van der Waals surface area (Å²) in [7, 11) is 0. The van der Waals surface area contributed by atoms with Crippen molar-refractivity contribution >= 4 is 17.3 Å². The van der Waals surface area contributed by atoms with Crippen molar-refractivity contribution in [3.8, 4) is 17.2 Å². The number of halogens is 1. The average molecular weight is 302 g/mol. The van der Waals surface area contributed by atoms with Crippen LogP contribution in [0.2, 0.25) is 5.02 Å². The zero-order valence-corrected chi connectivity index (χ0v) is 11.7. The Morgan fingerprint density at radius 1 is 1.14 bits per heavy atom. The van der Waals surface area contributed by atoms with Crippen molar-refractivity contribution in [2.24, 2.45) is 0 Å². The van der Waals surface area contributed by atoms with E-state index in [0.717, 1.165) is 5.56 Å². The molecule has 3 N–H and O–H groups in total. The Hall–Kier alpha value is -2.53. The van der Waals surface area contributed by atoms with E-state index in [-0.39, 0.29) is 5.75 Å². The highest BCUT2D eigenvalue weighted by Gasteiger charge is 2.12. The molecule has 0 aliphatic carbocycles. The molecule has 0 saturated heterocycles. The third-order valence-electron chi connectivity index (χ3n) is 3.01. The largest absolute Gasteiger partial charge is 0.508 e. The number of nitrogens with zero attached hydrogens (tertiary/aromatic N) is 2. The van der Waals surface area contributed by atoms with E-state index >= 15 is 0 Å². The number of nitrogens with two attached hydrogens (primary N) is 1. The van der Waals surface area contributed by atoms with Crippen LogP contribution in [0.15, 0.2) is 47.0 Å². The number of aromatic nitrogens is 2. The Morgan fingerprint density at radius 3 is 2.62 bits per heavy atom. The van der Waals surface area contributed by atoms with Gasteiger partial charge in [0.15, 0.2) is 5.82 Å². The summed E-state index contributed by atoms with van der Waals surface area (Å²) in [5.74, 6) is 1.13. The van der Waals surface area contributed by atoms with E-state index in [1.54, 1.807) is 30.3 Å². The summed E-state index contributed by atoms with van der Waals surface area (Å²) in [4.78, 5) is 4.33. The van der Waals surface area contributed by atoms with Gasteiger partial charge in [-0.05, 0) is 35.9 Å². The summed E-state index contributed by atoms with van der Waals surface area (Å²) >= 11 is 5.86. The predicted molar refractivity (Wildman–Crippen MR) is 80.1 cm³/mol. The first-order chi connectivity index (χ1) is 10.1. The molecule has 21 heavy (non-hydrogen) atoms. The van der Waals surface area contributed by atoms with Crippen LogP contribution in [0.4, 0.5) is 5.69 Å². The first-order valence-corrected chi connectivity index (χ1v) is 6.65. The summed E-state index contributed by atoms with van der Waals surface area (Å²) in [6.45, 7) is 0. The summed E-state index contributed by atoms with van der Waals surface area (Å²) in [6, 6.07) is 12.0. The second kappa shape index (κ2) is 5.46. The minimum Gasteiger partial charge on any atom is -0.508 e. The molecule has 0 fully saturated rings. The lowest BCUT2D eigenvalue weighted by molar-refractivity contribution is 0.424. The molecule has 3 aromatic rings. The molecule has 0 saturated carbocycles. The Labute approximate surface area is 126 Å². The van der Waals surface area contributed by atoms with Gasteiger partial charge in [0, 0.05) is 17.1 Å². The first-order valence-electron chi connectivity index (χ1n) is 6.28. The van der Waals surface area contributed by atoms with Gasteiger partial charge < -0.3 is 15.4 Å². The fourth-order valence-corrected chi connectivity index (χ4v) is 2.14. The van der Waals surface area contributed by atoms with Gasteiger partial charge in [0.25, 0.3) is 5.89 Å². The van der Waals surface area contributed by atoms with Gasteiger partial charge in [0.05, 0.1) is 5.56 Å². The monoisotopic (exact) mass is 301 g/mol. The number of anilines is 1. The third-order valence-corrected chi connectivity index (χ3v) is 3.25. The van der Waals surface area contributed by atoms with Crippen molar-refractivity contribution in [3.63, 3.8) is 0 Å². The second-order valence-electron chi connectivity index (χ2n) is 4.59. The van der Waals surface area contributed by atoms with Gasteiger partial charge in [-0.2, -0.15) is 4.98 Å². The van der Waals surface area contributed by atoms with E-state index in [1.165, 1.54) is 0 Å². The van der Waals surface area contributed by atoms with Crippen molar-refractivity contribution in [1.82, 2.24) is 10.1 Å². The lowest BCUT2D eigenvalue weighted by Crippen LogP contribution is -1.92. The molecule has 5 nitrogen and oxygen atoms in total. The summed E-state index contributed by atoms with van der Waals surface area (Å²) in [6.07, 6.45) is 0.511. The molecule has 106 valence electrons. The summed E-state index contributed by atoms with van der Waals surface area (Å²) in [5, 5.41) is 13.7. The summed E-state index contributed by atoms with van der Waals surface area (Å²) < 4.78 is 5.23. The maximum Gasteiger partial charge on any atom is 0.260 e. The molecule has 6 heteroatoms. The van der Waals surface area contributed by atoms with E-state index in [9.17, 15) is 5.11 Å². The SMILES string of the molecule is Nc1cc(Cl)ccc1-c1nc(Cc2ccc(O)cc2)no1. The highest BCUT2D eigenvalue weighted by atomic mass is 35.5. The molecule has 0 aliphatic heterocycles. The van der Waals surface area contributed by atoms with E-state index in [1.807, 2.05) is 12.1 Å². The van der Waals surface area contributed by atoms with Crippen molar-refractivity contribution in [2.75, 3.05) is 5.73 Å². The van der Waals surface area contributed by atoms with Crippen LogP contribution in [0.1, 0.15) is 11.4 Å². The normalized spacial score (nSPS) is 10.7. The number of phenols is 1. The molecule has 1 heterocycles. The zero-order chi connectivity index (χ0) is 14.8. The van der Waals surface area contributed by atoms with Crippen LogP contribution in [0.3, 0.4) is 0 Å². The third kappa shape index (κ3) is 2.98. The molecule has 0 spiro atoms. The van der Waals surface area contributed by atoms with Crippen LogP contribution in [-0.2, 0) is 6.42 Å². The highest BCUT2D eigenvalue weighted by Crippen LogP contribution is 2.27. The number of phenolic OH excluding ortho intramolecular Hbond substituents is 1. The average Bonchev–Trinajstić information content (AvgIpc) is 2.90. The van der Waals surface area contributed by atoms with Crippen LogP contribution in [0.5, 0.6) is 5.75 Å². The van der Waals surface area contributed by atoms with Gasteiger partial charge in [0.2, 0.25) is 0 Å². The fraction of sp³-hybridized carbons (Fsp3) is 0.0667. The van der Waals surface area contributed by atoms with Gasteiger partial charge >= 0.3 is 0 Å². The molecule has 2 aromatic carbocycles. The van der Waals surface area contributed by atoms with Crippen LogP contribution in [0, 0.1) is 0 Å². The van der Waals surface area contributed by atoms with Gasteiger partial charge in [-0.15, -0.1) is 0 Å². The molecule has 0 radical (unpaired) electrons. The minimum absolute atomic E-state index is 0.224. The molecular formula is C15H12ClN3O2. The number of hydrogen-bond donors (Lipinski definition) is 2. The Kier molecular flexibility index (Phi) is 3.50. The van der Waals surface area contributed by atoms with Crippen molar-refractivity contribution in [2.45, 2.75) is 6.42 Å². The lowest BCUT2D eigenvalue weighted by atomic mass is 10.1. The maximum atomic E-state index is 9.25. The Bertz CT molecular complexity index is 769. The molecule has 0 unspecified atom stereocenters. The summed E-state index contributed by atoms with van der Waals surface area (Å²) in [5.41, 5.74) is 8.01. The van der Waals surface area contributed by atoms with E-state index < -0.39 is 0 Å².